The highest BCUT2D eigenvalue weighted by atomic mass is 35.5. The van der Waals surface area contributed by atoms with Crippen LogP contribution in [-0.2, 0) is 4.79 Å². The van der Waals surface area contributed by atoms with Gasteiger partial charge in [0.25, 0.3) is 0 Å². The summed E-state index contributed by atoms with van der Waals surface area (Å²) < 4.78 is 26.7. The summed E-state index contributed by atoms with van der Waals surface area (Å²) >= 11 is 5.76. The van der Waals surface area contributed by atoms with Crippen LogP contribution < -0.4 is 4.90 Å². The Labute approximate surface area is 106 Å². The molecular weight excluding hydrogens is 268 g/mol. The van der Waals surface area contributed by atoms with Gasteiger partial charge in [0.05, 0.1) is 16.6 Å². The number of carboxylic acids is 1. The van der Waals surface area contributed by atoms with E-state index in [0.29, 0.717) is 12.1 Å². The number of carbonyl (C=O) groups is 2. The molecular formula is C11H8ClF2NO3. The molecule has 1 aliphatic rings. The molecule has 4 nitrogen and oxygen atoms in total. The fourth-order valence-corrected chi connectivity index (χ4v) is 2.15. The number of hydrogen-bond donors (Lipinski definition) is 1. The first kappa shape index (κ1) is 12.8. The maximum absolute atomic E-state index is 13.7. The van der Waals surface area contributed by atoms with Crippen LogP contribution in [0.15, 0.2) is 12.1 Å². The van der Waals surface area contributed by atoms with Crippen LogP contribution in [0, 0.1) is 11.6 Å². The van der Waals surface area contributed by atoms with Gasteiger partial charge in [0, 0.05) is 19.0 Å². The lowest BCUT2D eigenvalue weighted by Crippen LogP contribution is -2.28. The zero-order valence-electron chi connectivity index (χ0n) is 8.99. The van der Waals surface area contributed by atoms with E-state index >= 15 is 0 Å². The molecule has 0 spiro atoms. The molecule has 1 aromatic rings. The van der Waals surface area contributed by atoms with Crippen LogP contribution in [-0.4, -0.2) is 28.9 Å². The molecule has 0 aromatic heterocycles. The van der Waals surface area contributed by atoms with Crippen molar-refractivity contribution in [2.45, 2.75) is 11.8 Å². The third kappa shape index (κ3) is 2.15. The summed E-state index contributed by atoms with van der Waals surface area (Å²) in [6.45, 7) is 0.00320. The van der Waals surface area contributed by atoms with Gasteiger partial charge in [-0.1, -0.05) is 0 Å². The van der Waals surface area contributed by atoms with Gasteiger partial charge in [0.2, 0.25) is 5.91 Å². The lowest BCUT2D eigenvalue weighted by Gasteiger charge is -2.19. The van der Waals surface area contributed by atoms with E-state index in [4.69, 9.17) is 16.7 Å². The maximum atomic E-state index is 13.7. The Kier molecular flexibility index (Phi) is 3.21. The van der Waals surface area contributed by atoms with Crippen LogP contribution in [0.3, 0.4) is 0 Å². The van der Waals surface area contributed by atoms with Gasteiger partial charge < -0.3 is 10.0 Å². The van der Waals surface area contributed by atoms with E-state index < -0.39 is 40.1 Å². The standard InChI is InChI=1S/C11H8ClF2NO3/c12-5-1-9(16)15(4-5)10-7(11(17)18)2-6(13)3-8(10)14/h2-3,5H,1,4H2,(H,17,18). The Bertz CT molecular complexity index is 535. The van der Waals surface area contributed by atoms with Crippen molar-refractivity contribution in [2.24, 2.45) is 0 Å². The van der Waals surface area contributed by atoms with E-state index in [1.807, 2.05) is 0 Å². The first-order valence-electron chi connectivity index (χ1n) is 5.07. The Balaban J connectivity index is 2.56. The number of carboxylic acid groups (broad SMARTS) is 1. The molecule has 1 amide bonds. The van der Waals surface area contributed by atoms with E-state index in [9.17, 15) is 18.4 Å². The molecule has 0 bridgehead atoms. The molecule has 0 radical (unpaired) electrons. The second-order valence-electron chi connectivity index (χ2n) is 3.89. The average Bonchev–Trinajstić information content (AvgIpc) is 2.56. The van der Waals surface area contributed by atoms with Crippen LogP contribution in [0.4, 0.5) is 14.5 Å². The predicted molar refractivity (Wildman–Crippen MR) is 59.9 cm³/mol. The van der Waals surface area contributed by atoms with Crippen LogP contribution in [0.5, 0.6) is 0 Å². The number of aromatic carboxylic acids is 1. The number of rotatable bonds is 2. The van der Waals surface area contributed by atoms with Gasteiger partial charge in [-0.15, -0.1) is 11.6 Å². The van der Waals surface area contributed by atoms with E-state index in [2.05, 4.69) is 0 Å². The molecule has 1 heterocycles. The van der Waals surface area contributed by atoms with E-state index in [0.717, 1.165) is 4.90 Å². The van der Waals surface area contributed by atoms with Gasteiger partial charge in [0.15, 0.2) is 5.82 Å². The van der Waals surface area contributed by atoms with Crippen molar-refractivity contribution in [3.05, 3.63) is 29.3 Å². The summed E-state index contributed by atoms with van der Waals surface area (Å²) in [5.74, 6) is -4.09. The summed E-state index contributed by atoms with van der Waals surface area (Å²) in [6, 6.07) is 1.21. The van der Waals surface area contributed by atoms with Crippen molar-refractivity contribution >= 4 is 29.2 Å². The van der Waals surface area contributed by atoms with Crippen molar-refractivity contribution in [2.75, 3.05) is 11.4 Å². The lowest BCUT2D eigenvalue weighted by molar-refractivity contribution is -0.117. The van der Waals surface area contributed by atoms with Crippen molar-refractivity contribution in [1.82, 2.24) is 0 Å². The van der Waals surface area contributed by atoms with E-state index in [1.54, 1.807) is 0 Å². The van der Waals surface area contributed by atoms with Crippen molar-refractivity contribution < 1.29 is 23.5 Å². The van der Waals surface area contributed by atoms with Crippen LogP contribution in [0.25, 0.3) is 0 Å². The van der Waals surface area contributed by atoms with Crippen LogP contribution in [0.1, 0.15) is 16.8 Å². The summed E-state index contributed by atoms with van der Waals surface area (Å²) in [5, 5.41) is 8.41. The molecule has 1 aliphatic heterocycles. The zero-order valence-corrected chi connectivity index (χ0v) is 9.75. The molecule has 7 heteroatoms. The van der Waals surface area contributed by atoms with Gasteiger partial charge >= 0.3 is 5.97 Å². The second-order valence-corrected chi connectivity index (χ2v) is 4.51. The molecule has 1 N–H and O–H groups in total. The molecule has 1 saturated heterocycles. The first-order valence-corrected chi connectivity index (χ1v) is 5.50. The lowest BCUT2D eigenvalue weighted by atomic mass is 10.1. The minimum atomic E-state index is -1.51. The Morgan fingerprint density at radius 2 is 2.11 bits per heavy atom. The van der Waals surface area contributed by atoms with E-state index in [-0.39, 0.29) is 13.0 Å². The number of hydrogen-bond acceptors (Lipinski definition) is 2. The summed E-state index contributed by atoms with van der Waals surface area (Å²) in [5.41, 5.74) is -1.02. The highest BCUT2D eigenvalue weighted by Crippen LogP contribution is 2.31. The number of halogens is 3. The SMILES string of the molecule is O=C(O)c1cc(F)cc(F)c1N1CC(Cl)CC1=O. The van der Waals surface area contributed by atoms with Crippen LogP contribution in [0.2, 0.25) is 0 Å². The first-order chi connectivity index (χ1) is 8.40. The fraction of sp³-hybridized carbons (Fsp3) is 0.273. The number of anilines is 1. The summed E-state index contributed by atoms with van der Waals surface area (Å²) in [7, 11) is 0. The molecule has 1 atom stereocenters. The van der Waals surface area contributed by atoms with E-state index in [1.165, 1.54) is 0 Å². The number of nitrogens with zero attached hydrogens (tertiary/aromatic N) is 1. The average molecular weight is 276 g/mol. The van der Waals surface area contributed by atoms with Crippen molar-refractivity contribution in [3.8, 4) is 0 Å². The second kappa shape index (κ2) is 4.53. The maximum Gasteiger partial charge on any atom is 0.338 e. The van der Waals surface area contributed by atoms with Crippen molar-refractivity contribution in [1.29, 1.82) is 0 Å². The van der Waals surface area contributed by atoms with Gasteiger partial charge in [-0.25, -0.2) is 13.6 Å². The number of alkyl halides is 1. The molecule has 1 unspecified atom stereocenters. The summed E-state index contributed by atoms with van der Waals surface area (Å²) in [6.07, 6.45) is -0.00255. The number of amides is 1. The molecule has 0 aliphatic carbocycles. The Morgan fingerprint density at radius 1 is 1.44 bits per heavy atom. The highest BCUT2D eigenvalue weighted by molar-refractivity contribution is 6.24. The number of benzene rings is 1. The predicted octanol–water partition coefficient (Wildman–Crippen LogP) is 2.01. The van der Waals surface area contributed by atoms with Gasteiger partial charge in [-0.05, 0) is 6.07 Å². The molecule has 0 saturated carbocycles. The minimum absolute atomic E-state index is 0.00255. The molecule has 2 rings (SSSR count). The largest absolute Gasteiger partial charge is 0.478 e. The van der Waals surface area contributed by atoms with Gasteiger partial charge in [0.1, 0.15) is 5.82 Å². The fourth-order valence-electron chi connectivity index (χ4n) is 1.88. The zero-order chi connectivity index (χ0) is 13.4. The van der Waals surface area contributed by atoms with Crippen molar-refractivity contribution in [3.63, 3.8) is 0 Å². The quantitative estimate of drug-likeness (QED) is 0.840. The molecule has 1 fully saturated rings. The monoisotopic (exact) mass is 275 g/mol. The normalized spacial score (nSPS) is 19.4. The Hall–Kier alpha value is -1.69. The van der Waals surface area contributed by atoms with Crippen LogP contribution >= 0.6 is 11.6 Å². The van der Waals surface area contributed by atoms with Gasteiger partial charge in [-0.3, -0.25) is 4.79 Å². The third-order valence-electron chi connectivity index (χ3n) is 2.61. The highest BCUT2D eigenvalue weighted by Gasteiger charge is 2.34. The summed E-state index contributed by atoms with van der Waals surface area (Å²) in [4.78, 5) is 23.5. The third-order valence-corrected chi connectivity index (χ3v) is 2.90. The minimum Gasteiger partial charge on any atom is -0.478 e. The topological polar surface area (TPSA) is 57.6 Å². The molecule has 96 valence electrons. The van der Waals surface area contributed by atoms with Gasteiger partial charge in [-0.2, -0.15) is 0 Å². The number of carbonyl (C=O) groups excluding carboxylic acids is 1. The molecule has 18 heavy (non-hydrogen) atoms. The smallest absolute Gasteiger partial charge is 0.338 e. The molecule has 1 aromatic carbocycles. The Morgan fingerprint density at radius 3 is 2.61 bits per heavy atom.